The fraction of sp³-hybridized carbons (Fsp3) is 0.0625. The Bertz CT molecular complexity index is 925. The molecule has 1 aromatic carbocycles. The second kappa shape index (κ2) is 5.59. The predicted octanol–water partition coefficient (Wildman–Crippen LogP) is 4.39. The summed E-state index contributed by atoms with van der Waals surface area (Å²) in [6.07, 6.45) is 1.84. The number of thiocarbonyl (C=S) groups is 1. The van der Waals surface area contributed by atoms with Crippen molar-refractivity contribution in [3.05, 3.63) is 46.2 Å². The van der Waals surface area contributed by atoms with Gasteiger partial charge in [-0.25, -0.2) is 0 Å². The van der Waals surface area contributed by atoms with Gasteiger partial charge in [-0.3, -0.25) is 9.69 Å². The van der Waals surface area contributed by atoms with Gasteiger partial charge in [0.1, 0.15) is 4.32 Å². The SMILES string of the molecule is CN1C(=O)/C(=C\c2cc3oc(-c4ccccc4)nc3s2)SC1=S. The van der Waals surface area contributed by atoms with E-state index in [-0.39, 0.29) is 5.91 Å². The first kappa shape index (κ1) is 14.6. The van der Waals surface area contributed by atoms with Gasteiger partial charge in [0.25, 0.3) is 5.91 Å². The molecule has 0 aliphatic carbocycles. The molecule has 1 fully saturated rings. The van der Waals surface area contributed by atoms with Crippen molar-refractivity contribution in [2.24, 2.45) is 0 Å². The first-order chi connectivity index (χ1) is 11.1. The van der Waals surface area contributed by atoms with Gasteiger partial charge >= 0.3 is 0 Å². The highest BCUT2D eigenvalue weighted by Crippen LogP contribution is 2.35. The summed E-state index contributed by atoms with van der Waals surface area (Å²) < 4.78 is 6.39. The predicted molar refractivity (Wildman–Crippen MR) is 98.3 cm³/mol. The molecule has 3 heterocycles. The minimum Gasteiger partial charge on any atom is -0.435 e. The standard InChI is InChI=1S/C16H10N2O2S3/c1-18-15(19)12(23-16(18)21)8-10-7-11-14(22-10)17-13(20-11)9-5-3-2-4-6-9/h2-8H,1H3/b12-8+. The lowest BCUT2D eigenvalue weighted by Crippen LogP contribution is -2.22. The number of fused-ring (bicyclic) bond motifs is 1. The average molecular weight is 358 g/mol. The van der Waals surface area contributed by atoms with Gasteiger partial charge < -0.3 is 4.42 Å². The number of nitrogens with zero attached hydrogens (tertiary/aromatic N) is 2. The maximum Gasteiger partial charge on any atom is 0.265 e. The average Bonchev–Trinajstić information content (AvgIpc) is 3.17. The quantitative estimate of drug-likeness (QED) is 0.502. The molecule has 0 N–H and O–H groups in total. The van der Waals surface area contributed by atoms with Gasteiger partial charge in [0.15, 0.2) is 10.4 Å². The molecular formula is C16H10N2O2S3. The van der Waals surface area contributed by atoms with Crippen LogP contribution in [0.5, 0.6) is 0 Å². The van der Waals surface area contributed by atoms with Crippen LogP contribution in [0.25, 0.3) is 27.9 Å². The molecule has 2 aromatic heterocycles. The van der Waals surface area contributed by atoms with Crippen LogP contribution in [0.15, 0.2) is 45.7 Å². The molecule has 4 rings (SSSR count). The maximum atomic E-state index is 12.0. The van der Waals surface area contributed by atoms with Crippen LogP contribution in [0.1, 0.15) is 4.88 Å². The van der Waals surface area contributed by atoms with Crippen molar-refractivity contribution in [2.75, 3.05) is 7.05 Å². The number of hydrogen-bond donors (Lipinski definition) is 0. The highest BCUT2D eigenvalue weighted by molar-refractivity contribution is 8.26. The van der Waals surface area contributed by atoms with E-state index in [0.29, 0.717) is 15.1 Å². The van der Waals surface area contributed by atoms with Crippen molar-refractivity contribution in [3.63, 3.8) is 0 Å². The van der Waals surface area contributed by atoms with E-state index >= 15 is 0 Å². The minimum absolute atomic E-state index is 0.0667. The number of benzene rings is 1. The number of rotatable bonds is 2. The van der Waals surface area contributed by atoms with Gasteiger partial charge in [0.2, 0.25) is 5.89 Å². The third kappa shape index (κ3) is 2.60. The van der Waals surface area contributed by atoms with Crippen LogP contribution in [0.4, 0.5) is 0 Å². The van der Waals surface area contributed by atoms with Gasteiger partial charge in [0.05, 0.1) is 4.91 Å². The summed E-state index contributed by atoms with van der Waals surface area (Å²) in [4.78, 5) is 20.4. The molecule has 0 unspecified atom stereocenters. The molecule has 0 atom stereocenters. The van der Waals surface area contributed by atoms with E-state index in [2.05, 4.69) is 4.98 Å². The lowest BCUT2D eigenvalue weighted by molar-refractivity contribution is -0.121. The molecule has 0 saturated carbocycles. The number of likely N-dealkylation sites (N-methyl/N-ethyl adjacent to an activating group) is 1. The normalized spacial score (nSPS) is 16.9. The zero-order chi connectivity index (χ0) is 16.0. The fourth-order valence-corrected chi connectivity index (χ4v) is 4.34. The van der Waals surface area contributed by atoms with E-state index in [0.717, 1.165) is 20.9 Å². The number of thioether (sulfide) groups is 1. The van der Waals surface area contributed by atoms with Crippen LogP contribution < -0.4 is 0 Å². The third-order valence-corrected chi connectivity index (χ3v) is 5.83. The van der Waals surface area contributed by atoms with Gasteiger partial charge in [-0.05, 0) is 18.2 Å². The van der Waals surface area contributed by atoms with E-state index < -0.39 is 0 Å². The van der Waals surface area contributed by atoms with E-state index in [4.69, 9.17) is 16.6 Å². The lowest BCUT2D eigenvalue weighted by atomic mass is 10.2. The second-order valence-corrected chi connectivity index (χ2v) is 7.68. The molecule has 114 valence electrons. The Morgan fingerprint density at radius 1 is 1.30 bits per heavy atom. The zero-order valence-electron chi connectivity index (χ0n) is 12.0. The fourth-order valence-electron chi connectivity index (χ4n) is 2.20. The van der Waals surface area contributed by atoms with E-state index in [9.17, 15) is 4.79 Å². The van der Waals surface area contributed by atoms with Crippen LogP contribution in [0.2, 0.25) is 0 Å². The van der Waals surface area contributed by atoms with Crippen molar-refractivity contribution in [1.29, 1.82) is 0 Å². The molecular weight excluding hydrogens is 348 g/mol. The highest BCUT2D eigenvalue weighted by atomic mass is 32.2. The number of oxazole rings is 1. The Labute approximate surface area is 145 Å². The summed E-state index contributed by atoms with van der Waals surface area (Å²) in [5.41, 5.74) is 1.68. The number of thiophene rings is 1. The largest absolute Gasteiger partial charge is 0.435 e. The molecule has 0 bridgehead atoms. The number of amides is 1. The summed E-state index contributed by atoms with van der Waals surface area (Å²) in [5.74, 6) is 0.543. The Morgan fingerprint density at radius 2 is 2.09 bits per heavy atom. The highest BCUT2D eigenvalue weighted by Gasteiger charge is 2.28. The smallest absolute Gasteiger partial charge is 0.265 e. The summed E-state index contributed by atoms with van der Waals surface area (Å²) in [5, 5.41) is 0. The molecule has 3 aromatic rings. The van der Waals surface area contributed by atoms with Crippen LogP contribution >= 0.6 is 35.3 Å². The van der Waals surface area contributed by atoms with Crippen LogP contribution in [-0.2, 0) is 4.79 Å². The number of carbonyl (C=O) groups excluding carboxylic acids is 1. The van der Waals surface area contributed by atoms with Gasteiger partial charge in [-0.15, -0.1) is 11.3 Å². The number of carbonyl (C=O) groups is 1. The third-order valence-electron chi connectivity index (χ3n) is 3.39. The molecule has 23 heavy (non-hydrogen) atoms. The van der Waals surface area contributed by atoms with E-state index in [1.165, 1.54) is 28.0 Å². The van der Waals surface area contributed by atoms with Crippen molar-refractivity contribution in [2.45, 2.75) is 0 Å². The number of aromatic nitrogens is 1. The van der Waals surface area contributed by atoms with E-state index in [1.807, 2.05) is 42.5 Å². The molecule has 0 radical (unpaired) electrons. The molecule has 7 heteroatoms. The summed E-state index contributed by atoms with van der Waals surface area (Å²) in [6.45, 7) is 0. The van der Waals surface area contributed by atoms with E-state index in [1.54, 1.807) is 7.05 Å². The molecule has 1 aliphatic rings. The Hall–Kier alpha value is -1.96. The first-order valence-electron chi connectivity index (χ1n) is 6.79. The van der Waals surface area contributed by atoms with Gasteiger partial charge in [-0.2, -0.15) is 4.98 Å². The monoisotopic (exact) mass is 358 g/mol. The van der Waals surface area contributed by atoms with Gasteiger partial charge in [0, 0.05) is 23.6 Å². The van der Waals surface area contributed by atoms with Crippen molar-refractivity contribution in [3.8, 4) is 11.5 Å². The molecule has 1 amide bonds. The topological polar surface area (TPSA) is 46.3 Å². The van der Waals surface area contributed by atoms with Crippen LogP contribution in [-0.4, -0.2) is 27.2 Å². The Kier molecular flexibility index (Phi) is 3.56. The Balaban J connectivity index is 1.68. The van der Waals surface area contributed by atoms with Crippen LogP contribution in [0.3, 0.4) is 0 Å². The summed E-state index contributed by atoms with van der Waals surface area (Å²) in [7, 11) is 1.69. The molecule has 4 nitrogen and oxygen atoms in total. The summed E-state index contributed by atoms with van der Waals surface area (Å²) in [6, 6.07) is 11.7. The van der Waals surface area contributed by atoms with Crippen molar-refractivity contribution >= 4 is 62.0 Å². The molecule has 0 spiro atoms. The zero-order valence-corrected chi connectivity index (χ0v) is 14.4. The second-order valence-electron chi connectivity index (χ2n) is 4.94. The van der Waals surface area contributed by atoms with Crippen molar-refractivity contribution in [1.82, 2.24) is 9.88 Å². The Morgan fingerprint density at radius 3 is 2.74 bits per heavy atom. The maximum absolute atomic E-state index is 12.0. The van der Waals surface area contributed by atoms with Gasteiger partial charge in [-0.1, -0.05) is 42.2 Å². The van der Waals surface area contributed by atoms with Crippen molar-refractivity contribution < 1.29 is 9.21 Å². The lowest BCUT2D eigenvalue weighted by Gasteiger charge is -2.03. The molecule has 1 saturated heterocycles. The number of hydrogen-bond acceptors (Lipinski definition) is 6. The summed E-state index contributed by atoms with van der Waals surface area (Å²) >= 11 is 7.94. The molecule has 1 aliphatic heterocycles. The minimum atomic E-state index is -0.0667. The van der Waals surface area contributed by atoms with Crippen LogP contribution in [0, 0.1) is 0 Å². The first-order valence-corrected chi connectivity index (χ1v) is 8.83.